The fourth-order valence-corrected chi connectivity index (χ4v) is 1.88. The van der Waals surface area contributed by atoms with Crippen LogP contribution in [0, 0.1) is 17.5 Å². The summed E-state index contributed by atoms with van der Waals surface area (Å²) in [7, 11) is 0. The molecule has 0 heterocycles. The van der Waals surface area contributed by atoms with Crippen molar-refractivity contribution < 1.29 is 18.0 Å². The van der Waals surface area contributed by atoms with E-state index < -0.39 is 29.4 Å². The fraction of sp³-hybridized carbons (Fsp3) is 0.133. The first kappa shape index (κ1) is 14.1. The number of halogens is 3. The first-order valence-electron chi connectivity index (χ1n) is 5.99. The molecular weight excluding hydrogens is 267 g/mol. The van der Waals surface area contributed by atoms with Crippen molar-refractivity contribution in [3.8, 4) is 0 Å². The van der Waals surface area contributed by atoms with E-state index in [0.717, 1.165) is 24.3 Å². The molecule has 0 fully saturated rings. The summed E-state index contributed by atoms with van der Waals surface area (Å²) in [4.78, 5) is 11.9. The molecule has 1 amide bonds. The van der Waals surface area contributed by atoms with Crippen molar-refractivity contribution in [2.75, 3.05) is 0 Å². The Morgan fingerprint density at radius 1 is 1.00 bits per heavy atom. The van der Waals surface area contributed by atoms with Crippen LogP contribution in [0.1, 0.15) is 28.9 Å². The molecule has 2 aromatic rings. The number of hydrogen-bond donors (Lipinski definition) is 1. The van der Waals surface area contributed by atoms with Crippen LogP contribution in [0.2, 0.25) is 0 Å². The monoisotopic (exact) mass is 279 g/mol. The Kier molecular flexibility index (Phi) is 4.08. The zero-order valence-electron chi connectivity index (χ0n) is 10.7. The highest BCUT2D eigenvalue weighted by molar-refractivity contribution is 5.94. The minimum absolute atomic E-state index is 0.206. The normalized spacial score (nSPS) is 12.0. The molecule has 1 N–H and O–H groups in total. The zero-order chi connectivity index (χ0) is 14.7. The fourth-order valence-electron chi connectivity index (χ4n) is 1.88. The van der Waals surface area contributed by atoms with Crippen LogP contribution in [0.3, 0.4) is 0 Å². The Morgan fingerprint density at radius 3 is 2.10 bits per heavy atom. The third-order valence-corrected chi connectivity index (χ3v) is 2.89. The predicted octanol–water partition coefficient (Wildman–Crippen LogP) is 3.59. The molecule has 1 unspecified atom stereocenters. The second-order valence-corrected chi connectivity index (χ2v) is 4.34. The van der Waals surface area contributed by atoms with E-state index in [9.17, 15) is 18.0 Å². The molecule has 2 aromatic carbocycles. The molecule has 0 aromatic heterocycles. The van der Waals surface area contributed by atoms with Gasteiger partial charge in [-0.15, -0.1) is 0 Å². The van der Waals surface area contributed by atoms with E-state index in [2.05, 4.69) is 5.32 Å². The first-order valence-corrected chi connectivity index (χ1v) is 5.99. The number of rotatable bonds is 3. The summed E-state index contributed by atoms with van der Waals surface area (Å²) < 4.78 is 39.9. The van der Waals surface area contributed by atoms with Gasteiger partial charge in [0, 0.05) is 11.1 Å². The Bertz CT molecular complexity index is 605. The van der Waals surface area contributed by atoms with E-state index in [4.69, 9.17) is 0 Å². The Balaban J connectivity index is 2.17. The van der Waals surface area contributed by atoms with E-state index in [-0.39, 0.29) is 11.1 Å². The number of hydrogen-bond acceptors (Lipinski definition) is 1. The van der Waals surface area contributed by atoms with Crippen LogP contribution < -0.4 is 5.32 Å². The molecule has 0 aliphatic carbocycles. The molecular formula is C15H12F3NO. The Hall–Kier alpha value is -2.30. The second kappa shape index (κ2) is 5.77. The standard InChI is InChI=1S/C15H12F3NO/c1-9(14-12(17)3-2-4-13(14)18)19-15(20)10-5-7-11(16)8-6-10/h2-9H,1H3,(H,19,20). The average Bonchev–Trinajstić information content (AvgIpc) is 2.39. The number of carbonyl (C=O) groups excluding carboxylic acids is 1. The van der Waals surface area contributed by atoms with Crippen LogP contribution in [0.15, 0.2) is 42.5 Å². The van der Waals surface area contributed by atoms with E-state index in [0.29, 0.717) is 0 Å². The van der Waals surface area contributed by atoms with Crippen molar-refractivity contribution in [3.05, 3.63) is 71.0 Å². The van der Waals surface area contributed by atoms with Crippen LogP contribution in [-0.2, 0) is 0 Å². The van der Waals surface area contributed by atoms with Gasteiger partial charge in [-0.2, -0.15) is 0 Å². The first-order chi connectivity index (χ1) is 9.49. The molecule has 0 spiro atoms. The van der Waals surface area contributed by atoms with Crippen molar-refractivity contribution in [1.29, 1.82) is 0 Å². The maximum Gasteiger partial charge on any atom is 0.251 e. The molecule has 0 bridgehead atoms. The highest BCUT2D eigenvalue weighted by atomic mass is 19.1. The van der Waals surface area contributed by atoms with Crippen LogP contribution in [0.5, 0.6) is 0 Å². The van der Waals surface area contributed by atoms with E-state index in [1.807, 2.05) is 0 Å². The largest absolute Gasteiger partial charge is 0.345 e. The van der Waals surface area contributed by atoms with Gasteiger partial charge in [-0.1, -0.05) is 6.07 Å². The van der Waals surface area contributed by atoms with Crippen molar-refractivity contribution in [3.63, 3.8) is 0 Å². The lowest BCUT2D eigenvalue weighted by molar-refractivity contribution is 0.0938. The third-order valence-electron chi connectivity index (χ3n) is 2.89. The lowest BCUT2D eigenvalue weighted by atomic mass is 10.1. The molecule has 20 heavy (non-hydrogen) atoms. The third kappa shape index (κ3) is 2.99. The lowest BCUT2D eigenvalue weighted by Gasteiger charge is -2.15. The summed E-state index contributed by atoms with van der Waals surface area (Å²) in [6.07, 6.45) is 0. The van der Waals surface area contributed by atoms with Crippen molar-refractivity contribution in [1.82, 2.24) is 5.32 Å². The summed E-state index contributed by atoms with van der Waals surface area (Å²) in [5.41, 5.74) is 0.0120. The highest BCUT2D eigenvalue weighted by Crippen LogP contribution is 2.20. The Morgan fingerprint density at radius 2 is 1.55 bits per heavy atom. The van der Waals surface area contributed by atoms with Crippen molar-refractivity contribution in [2.45, 2.75) is 13.0 Å². The van der Waals surface area contributed by atoms with E-state index in [1.54, 1.807) is 0 Å². The Labute approximate surface area is 114 Å². The molecule has 0 saturated carbocycles. The van der Waals surface area contributed by atoms with Crippen LogP contribution in [0.25, 0.3) is 0 Å². The molecule has 104 valence electrons. The summed E-state index contributed by atoms with van der Waals surface area (Å²) in [5, 5.41) is 2.47. The number of benzene rings is 2. The minimum atomic E-state index is -0.839. The lowest BCUT2D eigenvalue weighted by Crippen LogP contribution is -2.27. The van der Waals surface area contributed by atoms with Gasteiger partial charge in [-0.05, 0) is 43.3 Å². The van der Waals surface area contributed by atoms with Gasteiger partial charge >= 0.3 is 0 Å². The molecule has 0 radical (unpaired) electrons. The van der Waals surface area contributed by atoms with Gasteiger partial charge in [0.1, 0.15) is 17.5 Å². The molecule has 0 aliphatic rings. The van der Waals surface area contributed by atoms with Gasteiger partial charge in [0.25, 0.3) is 5.91 Å². The van der Waals surface area contributed by atoms with Gasteiger partial charge in [0.2, 0.25) is 0 Å². The molecule has 1 atom stereocenters. The van der Waals surface area contributed by atoms with Crippen molar-refractivity contribution in [2.24, 2.45) is 0 Å². The molecule has 0 saturated heterocycles. The van der Waals surface area contributed by atoms with Crippen molar-refractivity contribution >= 4 is 5.91 Å². The highest BCUT2D eigenvalue weighted by Gasteiger charge is 2.18. The van der Waals surface area contributed by atoms with Gasteiger partial charge in [0.15, 0.2) is 0 Å². The van der Waals surface area contributed by atoms with Crippen LogP contribution in [0.4, 0.5) is 13.2 Å². The van der Waals surface area contributed by atoms with Crippen LogP contribution >= 0.6 is 0 Å². The molecule has 2 rings (SSSR count). The van der Waals surface area contributed by atoms with Gasteiger partial charge in [-0.25, -0.2) is 13.2 Å². The summed E-state index contributed by atoms with van der Waals surface area (Å²) in [6, 6.07) is 7.55. The summed E-state index contributed by atoms with van der Waals surface area (Å²) in [6.45, 7) is 1.48. The van der Waals surface area contributed by atoms with Gasteiger partial charge < -0.3 is 5.32 Å². The number of nitrogens with one attached hydrogen (secondary N) is 1. The molecule has 0 aliphatic heterocycles. The predicted molar refractivity (Wildman–Crippen MR) is 68.6 cm³/mol. The zero-order valence-corrected chi connectivity index (χ0v) is 10.7. The molecule has 5 heteroatoms. The number of carbonyl (C=O) groups is 1. The average molecular weight is 279 g/mol. The maximum absolute atomic E-state index is 13.6. The van der Waals surface area contributed by atoms with E-state index in [1.165, 1.54) is 25.1 Å². The smallest absolute Gasteiger partial charge is 0.251 e. The van der Waals surface area contributed by atoms with Gasteiger partial charge in [0.05, 0.1) is 6.04 Å². The topological polar surface area (TPSA) is 29.1 Å². The summed E-state index contributed by atoms with van der Waals surface area (Å²) >= 11 is 0. The second-order valence-electron chi connectivity index (χ2n) is 4.34. The summed E-state index contributed by atoms with van der Waals surface area (Å²) in [5.74, 6) is -2.44. The quantitative estimate of drug-likeness (QED) is 0.914. The SMILES string of the molecule is CC(NC(=O)c1ccc(F)cc1)c1c(F)cccc1F. The van der Waals surface area contributed by atoms with Crippen LogP contribution in [-0.4, -0.2) is 5.91 Å². The number of amides is 1. The van der Waals surface area contributed by atoms with Gasteiger partial charge in [-0.3, -0.25) is 4.79 Å². The molecule has 2 nitrogen and oxygen atoms in total. The minimum Gasteiger partial charge on any atom is -0.345 e. The van der Waals surface area contributed by atoms with E-state index >= 15 is 0 Å². The maximum atomic E-state index is 13.6.